The zero-order valence-corrected chi connectivity index (χ0v) is 12.1. The van der Waals surface area contributed by atoms with Crippen molar-refractivity contribution < 1.29 is 14.3 Å². The summed E-state index contributed by atoms with van der Waals surface area (Å²) in [7, 11) is 0. The highest BCUT2D eigenvalue weighted by atomic mass is 16.6. The highest BCUT2D eigenvalue weighted by Crippen LogP contribution is 2.26. The van der Waals surface area contributed by atoms with Crippen molar-refractivity contribution in [2.24, 2.45) is 0 Å². The number of hydrogen-bond donors (Lipinski definition) is 0. The second-order valence-electron chi connectivity index (χ2n) is 4.55. The van der Waals surface area contributed by atoms with E-state index >= 15 is 0 Å². The first-order valence-corrected chi connectivity index (χ1v) is 6.85. The van der Waals surface area contributed by atoms with Crippen LogP contribution in [0.2, 0.25) is 0 Å². The average Bonchev–Trinajstić information content (AvgIpc) is 2.44. The molecule has 0 fully saturated rings. The first-order valence-electron chi connectivity index (χ1n) is 6.85. The molecule has 1 unspecified atom stereocenters. The van der Waals surface area contributed by atoms with Gasteiger partial charge in [0.05, 0.1) is 12.1 Å². The van der Waals surface area contributed by atoms with Gasteiger partial charge in [0.1, 0.15) is 5.75 Å². The number of nitrogens with zero attached hydrogens (tertiary/aromatic N) is 1. The molecule has 0 spiro atoms. The fourth-order valence-corrected chi connectivity index (χ4v) is 2.05. The summed E-state index contributed by atoms with van der Waals surface area (Å²) in [5, 5.41) is 0.904. The maximum absolute atomic E-state index is 11.8. The van der Waals surface area contributed by atoms with Crippen LogP contribution in [-0.4, -0.2) is 23.7 Å². The van der Waals surface area contributed by atoms with Crippen molar-refractivity contribution in [1.82, 2.24) is 4.98 Å². The number of carbonyl (C=O) groups excluding carboxylic acids is 1. The Morgan fingerprint density at radius 1 is 1.30 bits per heavy atom. The number of hydrogen-bond acceptors (Lipinski definition) is 4. The van der Waals surface area contributed by atoms with Gasteiger partial charge in [-0.2, -0.15) is 0 Å². The Balaban J connectivity index is 2.34. The average molecular weight is 273 g/mol. The van der Waals surface area contributed by atoms with Crippen LogP contribution in [0.1, 0.15) is 26.0 Å². The molecular weight excluding hydrogens is 254 g/mol. The minimum atomic E-state index is -0.583. The van der Waals surface area contributed by atoms with Crippen molar-refractivity contribution in [3.05, 3.63) is 36.0 Å². The second kappa shape index (κ2) is 6.37. The Kier molecular flexibility index (Phi) is 4.56. The number of benzene rings is 1. The minimum Gasteiger partial charge on any atom is -0.478 e. The maximum atomic E-state index is 11.8. The summed E-state index contributed by atoms with van der Waals surface area (Å²) >= 11 is 0. The lowest BCUT2D eigenvalue weighted by Gasteiger charge is -2.17. The van der Waals surface area contributed by atoms with Crippen LogP contribution in [0.5, 0.6) is 5.75 Å². The van der Waals surface area contributed by atoms with E-state index in [0.29, 0.717) is 18.8 Å². The molecule has 1 heterocycles. The lowest BCUT2D eigenvalue weighted by Crippen LogP contribution is -2.28. The maximum Gasteiger partial charge on any atom is 0.347 e. The molecule has 1 atom stereocenters. The molecule has 1 aromatic heterocycles. The van der Waals surface area contributed by atoms with E-state index in [1.807, 2.05) is 44.2 Å². The lowest BCUT2D eigenvalue weighted by atomic mass is 10.2. The summed E-state index contributed by atoms with van der Waals surface area (Å²) in [4.78, 5) is 16.3. The highest BCUT2D eigenvalue weighted by molar-refractivity contribution is 5.86. The fourth-order valence-electron chi connectivity index (χ4n) is 2.05. The van der Waals surface area contributed by atoms with Crippen LogP contribution < -0.4 is 4.74 Å². The van der Waals surface area contributed by atoms with Crippen LogP contribution >= 0.6 is 0 Å². The van der Waals surface area contributed by atoms with Crippen LogP contribution in [0.25, 0.3) is 10.9 Å². The minimum absolute atomic E-state index is 0.325. The number of carbonyl (C=O) groups is 1. The number of pyridine rings is 1. The number of fused-ring (bicyclic) bond motifs is 1. The van der Waals surface area contributed by atoms with Crippen molar-refractivity contribution >= 4 is 16.9 Å². The van der Waals surface area contributed by atoms with Crippen molar-refractivity contribution in [2.75, 3.05) is 6.61 Å². The lowest BCUT2D eigenvalue weighted by molar-refractivity contribution is -0.151. The Morgan fingerprint density at radius 3 is 2.75 bits per heavy atom. The third-order valence-electron chi connectivity index (χ3n) is 3.00. The van der Waals surface area contributed by atoms with E-state index in [1.54, 1.807) is 6.92 Å². The molecule has 0 radical (unpaired) electrons. The van der Waals surface area contributed by atoms with Crippen LogP contribution in [0.15, 0.2) is 30.3 Å². The molecule has 20 heavy (non-hydrogen) atoms. The van der Waals surface area contributed by atoms with Crippen molar-refractivity contribution in [1.29, 1.82) is 0 Å². The van der Waals surface area contributed by atoms with Crippen LogP contribution in [-0.2, 0) is 9.53 Å². The second-order valence-corrected chi connectivity index (χ2v) is 4.55. The van der Waals surface area contributed by atoms with Gasteiger partial charge in [0, 0.05) is 17.1 Å². The number of aryl methyl sites for hydroxylation is 1. The molecule has 4 nitrogen and oxygen atoms in total. The highest BCUT2D eigenvalue weighted by Gasteiger charge is 2.20. The fraction of sp³-hybridized carbons (Fsp3) is 0.375. The molecule has 0 amide bonds. The van der Waals surface area contributed by atoms with Gasteiger partial charge in [-0.3, -0.25) is 4.98 Å². The summed E-state index contributed by atoms with van der Waals surface area (Å²) in [5.74, 6) is 0.349. The smallest absolute Gasteiger partial charge is 0.347 e. The molecule has 0 saturated carbocycles. The predicted molar refractivity (Wildman–Crippen MR) is 77.8 cm³/mol. The summed E-state index contributed by atoms with van der Waals surface area (Å²) in [5.41, 5.74) is 1.72. The molecule has 0 aliphatic rings. The third-order valence-corrected chi connectivity index (χ3v) is 3.00. The van der Waals surface area contributed by atoms with Gasteiger partial charge in [-0.25, -0.2) is 4.79 Å². The van der Waals surface area contributed by atoms with E-state index in [0.717, 1.165) is 16.6 Å². The number of rotatable bonds is 5. The van der Waals surface area contributed by atoms with E-state index in [-0.39, 0.29) is 5.97 Å². The van der Waals surface area contributed by atoms with E-state index in [4.69, 9.17) is 9.47 Å². The summed E-state index contributed by atoms with van der Waals surface area (Å²) in [6.07, 6.45) is -0.0192. The van der Waals surface area contributed by atoms with Gasteiger partial charge in [0.2, 0.25) is 0 Å². The van der Waals surface area contributed by atoms with Gasteiger partial charge < -0.3 is 9.47 Å². The standard InChI is InChI=1S/C16H19NO3/c1-4-14(16(18)19-5-2)20-15-10-11(3)17-13-9-7-6-8-12(13)15/h6-10,14H,4-5H2,1-3H3. The van der Waals surface area contributed by atoms with Crippen molar-refractivity contribution in [3.63, 3.8) is 0 Å². The van der Waals surface area contributed by atoms with E-state index < -0.39 is 6.10 Å². The summed E-state index contributed by atoms with van der Waals surface area (Å²) < 4.78 is 10.9. The molecule has 0 saturated heterocycles. The molecule has 0 aliphatic heterocycles. The molecule has 0 N–H and O–H groups in total. The van der Waals surface area contributed by atoms with Crippen LogP contribution in [0, 0.1) is 6.92 Å². The molecule has 0 aliphatic carbocycles. The normalized spacial score (nSPS) is 12.2. The molecular formula is C16H19NO3. The monoisotopic (exact) mass is 273 g/mol. The summed E-state index contributed by atoms with van der Waals surface area (Å²) in [6, 6.07) is 9.58. The van der Waals surface area contributed by atoms with Gasteiger partial charge in [0.25, 0.3) is 0 Å². The predicted octanol–water partition coefficient (Wildman–Crippen LogP) is 3.26. The van der Waals surface area contributed by atoms with Crippen LogP contribution in [0.3, 0.4) is 0 Å². The van der Waals surface area contributed by atoms with Gasteiger partial charge in [0.15, 0.2) is 6.10 Å². The Hall–Kier alpha value is -2.10. The molecule has 106 valence electrons. The quantitative estimate of drug-likeness (QED) is 0.784. The van der Waals surface area contributed by atoms with Gasteiger partial charge >= 0.3 is 5.97 Å². The first kappa shape index (κ1) is 14.3. The van der Waals surface area contributed by atoms with Gasteiger partial charge in [-0.15, -0.1) is 0 Å². The third kappa shape index (κ3) is 3.07. The Morgan fingerprint density at radius 2 is 2.05 bits per heavy atom. The zero-order valence-electron chi connectivity index (χ0n) is 12.1. The molecule has 0 bridgehead atoms. The number of aromatic nitrogens is 1. The molecule has 4 heteroatoms. The SMILES string of the molecule is CCOC(=O)C(CC)Oc1cc(C)nc2ccccc12. The van der Waals surface area contributed by atoms with Gasteiger partial charge in [-0.05, 0) is 32.4 Å². The number of ether oxygens (including phenoxy) is 2. The number of esters is 1. The Bertz CT molecular complexity index is 610. The topological polar surface area (TPSA) is 48.4 Å². The summed E-state index contributed by atoms with van der Waals surface area (Å²) in [6.45, 7) is 5.95. The van der Waals surface area contributed by atoms with E-state index in [9.17, 15) is 4.79 Å². The van der Waals surface area contributed by atoms with Crippen molar-refractivity contribution in [3.8, 4) is 5.75 Å². The number of para-hydroxylation sites is 1. The molecule has 2 aromatic rings. The van der Waals surface area contributed by atoms with E-state index in [2.05, 4.69) is 4.98 Å². The molecule has 1 aromatic carbocycles. The Labute approximate surface area is 118 Å². The molecule has 2 rings (SSSR count). The van der Waals surface area contributed by atoms with Crippen LogP contribution in [0.4, 0.5) is 0 Å². The zero-order chi connectivity index (χ0) is 14.5. The first-order chi connectivity index (χ1) is 9.65. The van der Waals surface area contributed by atoms with E-state index in [1.165, 1.54) is 0 Å². The van der Waals surface area contributed by atoms with Gasteiger partial charge in [-0.1, -0.05) is 19.1 Å². The largest absolute Gasteiger partial charge is 0.478 e. The van der Waals surface area contributed by atoms with Crippen molar-refractivity contribution in [2.45, 2.75) is 33.3 Å².